The summed E-state index contributed by atoms with van der Waals surface area (Å²) in [4.78, 5) is 29.9. The molecule has 1 atom stereocenters. The molecule has 0 aliphatic carbocycles. The Balaban J connectivity index is 2.18. The number of carbonyl (C=O) groups is 2. The summed E-state index contributed by atoms with van der Waals surface area (Å²) in [6, 6.07) is 8.95. The van der Waals surface area contributed by atoms with E-state index in [1.165, 1.54) is 6.92 Å². The van der Waals surface area contributed by atoms with Crippen LogP contribution in [-0.4, -0.2) is 28.4 Å². The molecule has 3 amide bonds. The van der Waals surface area contributed by atoms with Gasteiger partial charge < -0.3 is 15.5 Å². The summed E-state index contributed by atoms with van der Waals surface area (Å²) in [5, 5.41) is 5.71. The second-order valence-corrected chi connectivity index (χ2v) is 5.84. The van der Waals surface area contributed by atoms with Crippen molar-refractivity contribution in [3.05, 3.63) is 53.9 Å². The first kappa shape index (κ1) is 18.4. The zero-order chi connectivity index (χ0) is 18.4. The molecule has 0 radical (unpaired) electrons. The van der Waals surface area contributed by atoms with Gasteiger partial charge in [-0.15, -0.1) is 0 Å². The Hall–Kier alpha value is -2.89. The molecular weight excluding hydrogens is 316 g/mol. The predicted octanol–water partition coefficient (Wildman–Crippen LogP) is 3.96. The van der Waals surface area contributed by atoms with Crippen molar-refractivity contribution in [2.75, 3.05) is 17.2 Å². The number of pyridine rings is 1. The van der Waals surface area contributed by atoms with Crippen LogP contribution in [0, 0.1) is 6.92 Å². The van der Waals surface area contributed by atoms with E-state index in [2.05, 4.69) is 15.6 Å². The third-order valence-electron chi connectivity index (χ3n) is 4.12. The molecule has 0 unspecified atom stereocenters. The number of rotatable bonds is 5. The van der Waals surface area contributed by atoms with Gasteiger partial charge in [-0.2, -0.15) is 0 Å². The number of nitrogens with one attached hydrogen (secondary N) is 2. The number of amides is 3. The zero-order valence-corrected chi connectivity index (χ0v) is 15.0. The fourth-order valence-electron chi connectivity index (χ4n) is 2.68. The van der Waals surface area contributed by atoms with Crippen molar-refractivity contribution in [3.63, 3.8) is 0 Å². The molecule has 0 aliphatic rings. The number of carbonyl (C=O) groups excluding carboxylic acids is 2. The van der Waals surface area contributed by atoms with Crippen LogP contribution in [0.5, 0.6) is 0 Å². The van der Waals surface area contributed by atoms with Crippen LogP contribution in [0.25, 0.3) is 0 Å². The number of urea groups is 1. The van der Waals surface area contributed by atoms with Gasteiger partial charge in [-0.1, -0.05) is 12.1 Å². The Morgan fingerprint density at radius 1 is 1.16 bits per heavy atom. The van der Waals surface area contributed by atoms with Crippen molar-refractivity contribution in [3.8, 4) is 0 Å². The SMILES string of the molecule is CCN(C(=O)Nc1cccc(NC(C)=O)c1C)[C@H](C)c1cccnc1. The van der Waals surface area contributed by atoms with Gasteiger partial charge in [0.05, 0.1) is 6.04 Å². The quantitative estimate of drug-likeness (QED) is 0.865. The van der Waals surface area contributed by atoms with Crippen molar-refractivity contribution >= 4 is 23.3 Å². The van der Waals surface area contributed by atoms with Crippen molar-refractivity contribution in [2.45, 2.75) is 33.7 Å². The fourth-order valence-corrected chi connectivity index (χ4v) is 2.68. The molecule has 0 aliphatic heterocycles. The Bertz CT molecular complexity index is 746. The van der Waals surface area contributed by atoms with Crippen LogP contribution < -0.4 is 10.6 Å². The summed E-state index contributed by atoms with van der Waals surface area (Å²) < 4.78 is 0. The molecule has 0 saturated heterocycles. The van der Waals surface area contributed by atoms with Gasteiger partial charge in [-0.05, 0) is 50.1 Å². The van der Waals surface area contributed by atoms with Gasteiger partial charge >= 0.3 is 6.03 Å². The maximum atomic E-state index is 12.8. The van der Waals surface area contributed by atoms with E-state index in [1.807, 2.05) is 45.0 Å². The maximum Gasteiger partial charge on any atom is 0.322 e. The van der Waals surface area contributed by atoms with Crippen molar-refractivity contribution in [2.24, 2.45) is 0 Å². The van der Waals surface area contributed by atoms with Crippen LogP contribution in [0.2, 0.25) is 0 Å². The third kappa shape index (κ3) is 4.56. The summed E-state index contributed by atoms with van der Waals surface area (Å²) in [6.45, 7) is 7.79. The Morgan fingerprint density at radius 3 is 2.40 bits per heavy atom. The van der Waals surface area contributed by atoms with Crippen LogP contribution in [0.1, 0.15) is 37.9 Å². The molecule has 0 fully saturated rings. The summed E-state index contributed by atoms with van der Waals surface area (Å²) >= 11 is 0. The minimum Gasteiger partial charge on any atom is -0.326 e. The first-order valence-electron chi connectivity index (χ1n) is 8.28. The fraction of sp³-hybridized carbons (Fsp3) is 0.316. The smallest absolute Gasteiger partial charge is 0.322 e. The van der Waals surface area contributed by atoms with Gasteiger partial charge in [0, 0.05) is 37.2 Å². The Kier molecular flexibility index (Phi) is 6.11. The second-order valence-electron chi connectivity index (χ2n) is 5.84. The lowest BCUT2D eigenvalue weighted by atomic mass is 10.1. The van der Waals surface area contributed by atoms with Crippen molar-refractivity contribution < 1.29 is 9.59 Å². The van der Waals surface area contributed by atoms with Gasteiger partial charge in [0.1, 0.15) is 0 Å². The molecule has 1 aromatic heterocycles. The van der Waals surface area contributed by atoms with E-state index in [4.69, 9.17) is 0 Å². The van der Waals surface area contributed by atoms with Crippen LogP contribution in [0.15, 0.2) is 42.7 Å². The molecule has 2 rings (SSSR count). The van der Waals surface area contributed by atoms with Gasteiger partial charge in [0.15, 0.2) is 0 Å². The highest BCUT2D eigenvalue weighted by Crippen LogP contribution is 2.25. The normalized spacial score (nSPS) is 11.5. The summed E-state index contributed by atoms with van der Waals surface area (Å²) in [7, 11) is 0. The molecule has 2 aromatic rings. The Labute approximate surface area is 148 Å². The predicted molar refractivity (Wildman–Crippen MR) is 99.5 cm³/mol. The largest absolute Gasteiger partial charge is 0.326 e. The van der Waals surface area contributed by atoms with Crippen LogP contribution in [-0.2, 0) is 4.79 Å². The number of benzene rings is 1. The van der Waals surface area contributed by atoms with E-state index in [0.29, 0.717) is 17.9 Å². The molecule has 1 heterocycles. The summed E-state index contributed by atoms with van der Waals surface area (Å²) in [5.74, 6) is -0.146. The lowest BCUT2D eigenvalue weighted by Gasteiger charge is -2.28. The second kappa shape index (κ2) is 8.28. The molecule has 132 valence electrons. The summed E-state index contributed by atoms with van der Waals surface area (Å²) in [6.07, 6.45) is 3.48. The van der Waals surface area contributed by atoms with E-state index < -0.39 is 0 Å². The van der Waals surface area contributed by atoms with Crippen molar-refractivity contribution in [1.82, 2.24) is 9.88 Å². The monoisotopic (exact) mass is 340 g/mol. The van der Waals surface area contributed by atoms with E-state index in [-0.39, 0.29) is 18.0 Å². The van der Waals surface area contributed by atoms with E-state index >= 15 is 0 Å². The minimum atomic E-state index is -0.193. The highest BCUT2D eigenvalue weighted by atomic mass is 16.2. The number of hydrogen-bond acceptors (Lipinski definition) is 3. The van der Waals surface area contributed by atoms with E-state index in [0.717, 1.165) is 11.1 Å². The maximum absolute atomic E-state index is 12.8. The number of hydrogen-bond donors (Lipinski definition) is 2. The van der Waals surface area contributed by atoms with Gasteiger partial charge in [0.2, 0.25) is 5.91 Å². The molecule has 0 spiro atoms. The Morgan fingerprint density at radius 2 is 1.84 bits per heavy atom. The molecular formula is C19H24N4O2. The average Bonchev–Trinajstić information content (AvgIpc) is 2.59. The third-order valence-corrected chi connectivity index (χ3v) is 4.12. The first-order valence-corrected chi connectivity index (χ1v) is 8.28. The zero-order valence-electron chi connectivity index (χ0n) is 15.0. The summed E-state index contributed by atoms with van der Waals surface area (Å²) in [5.41, 5.74) is 3.15. The lowest BCUT2D eigenvalue weighted by molar-refractivity contribution is -0.114. The number of nitrogens with zero attached hydrogens (tertiary/aromatic N) is 2. The topological polar surface area (TPSA) is 74.3 Å². The average molecular weight is 340 g/mol. The van der Waals surface area contributed by atoms with Crippen molar-refractivity contribution in [1.29, 1.82) is 0 Å². The van der Waals surface area contributed by atoms with Gasteiger partial charge in [-0.3, -0.25) is 9.78 Å². The molecule has 0 bridgehead atoms. The van der Waals surface area contributed by atoms with E-state index in [9.17, 15) is 9.59 Å². The highest BCUT2D eigenvalue weighted by Gasteiger charge is 2.21. The molecule has 6 heteroatoms. The van der Waals surface area contributed by atoms with Gasteiger partial charge in [0.25, 0.3) is 0 Å². The van der Waals surface area contributed by atoms with Crippen LogP contribution in [0.3, 0.4) is 0 Å². The number of aromatic nitrogens is 1. The molecule has 1 aromatic carbocycles. The molecule has 6 nitrogen and oxygen atoms in total. The molecule has 2 N–H and O–H groups in total. The van der Waals surface area contributed by atoms with E-state index in [1.54, 1.807) is 23.4 Å². The van der Waals surface area contributed by atoms with Crippen LogP contribution >= 0.6 is 0 Å². The van der Waals surface area contributed by atoms with Gasteiger partial charge in [-0.25, -0.2) is 4.79 Å². The standard InChI is InChI=1S/C19H24N4O2/c1-5-23(14(3)16-8-7-11-20-12-16)19(25)22-18-10-6-9-17(13(18)2)21-15(4)24/h6-12,14H,5H2,1-4H3,(H,21,24)(H,22,25)/t14-/m1/s1. The number of anilines is 2. The molecule has 0 saturated carbocycles. The minimum absolute atomic E-state index is 0.0995. The lowest BCUT2D eigenvalue weighted by Crippen LogP contribution is -2.37. The van der Waals surface area contributed by atoms with Crippen LogP contribution in [0.4, 0.5) is 16.2 Å². The molecule has 25 heavy (non-hydrogen) atoms. The first-order chi connectivity index (χ1) is 11.9. The highest BCUT2D eigenvalue weighted by molar-refractivity contribution is 5.94.